The molecule has 3 aromatic rings. The monoisotopic (exact) mass is 497 g/mol. The van der Waals surface area contributed by atoms with E-state index in [4.69, 9.17) is 10.1 Å². The third-order valence-corrected chi connectivity index (χ3v) is 7.50. The Morgan fingerprint density at radius 1 is 1.06 bits per heavy atom. The average molecular weight is 498 g/mol. The Kier molecular flexibility index (Phi) is 8.36. The molecule has 0 fully saturated rings. The standard InChI is InChI=1S/C27H29FNO5P/c1-17(2)27-23(11-12-35(33,34)16-21(30)14-26(31)32)24(22-10-9-20(28)13-18(22)3)15-25(29-27)19-7-5-4-6-8-19/h4-10,13,15,17H,11-12,14,16H2,1-3H3,(H,31,32)(H,33,34). The summed E-state index contributed by atoms with van der Waals surface area (Å²) in [5, 5.41) is 8.79. The fraction of sp³-hybridized carbons (Fsp3) is 0.296. The van der Waals surface area contributed by atoms with Gasteiger partial charge in [0, 0.05) is 17.4 Å². The molecule has 3 rings (SSSR count). The zero-order chi connectivity index (χ0) is 25.8. The van der Waals surface area contributed by atoms with Crippen LogP contribution < -0.4 is 0 Å². The first-order valence-electron chi connectivity index (χ1n) is 11.4. The summed E-state index contributed by atoms with van der Waals surface area (Å²) in [6.07, 6.45) is -1.50. The molecule has 1 heterocycles. The maximum Gasteiger partial charge on any atom is 0.310 e. The maximum absolute atomic E-state index is 13.9. The third-order valence-electron chi connectivity index (χ3n) is 5.73. The van der Waals surface area contributed by atoms with Crippen LogP contribution in [-0.4, -0.2) is 39.1 Å². The average Bonchev–Trinajstić information content (AvgIpc) is 2.77. The van der Waals surface area contributed by atoms with Crippen molar-refractivity contribution in [1.82, 2.24) is 4.98 Å². The van der Waals surface area contributed by atoms with Crippen LogP contribution >= 0.6 is 7.37 Å². The van der Waals surface area contributed by atoms with E-state index in [2.05, 4.69) is 0 Å². The SMILES string of the molecule is Cc1cc(F)ccc1-c1cc(-c2ccccc2)nc(C(C)C)c1CCP(=O)(O)CC(=O)CC(=O)O. The predicted molar refractivity (Wildman–Crippen MR) is 134 cm³/mol. The van der Waals surface area contributed by atoms with Crippen LogP contribution in [0.5, 0.6) is 0 Å². The van der Waals surface area contributed by atoms with Crippen molar-refractivity contribution in [3.05, 3.63) is 77.2 Å². The van der Waals surface area contributed by atoms with E-state index in [0.29, 0.717) is 0 Å². The lowest BCUT2D eigenvalue weighted by Gasteiger charge is -2.21. The zero-order valence-electron chi connectivity index (χ0n) is 20.0. The molecule has 1 unspecified atom stereocenters. The van der Waals surface area contributed by atoms with E-state index in [0.717, 1.165) is 39.2 Å². The molecule has 184 valence electrons. The number of benzene rings is 2. The molecule has 2 aromatic carbocycles. The summed E-state index contributed by atoms with van der Waals surface area (Å²) in [6.45, 7) is 5.77. The van der Waals surface area contributed by atoms with Gasteiger partial charge in [-0.1, -0.05) is 50.2 Å². The molecule has 0 bridgehead atoms. The van der Waals surface area contributed by atoms with Crippen LogP contribution in [-0.2, 0) is 20.6 Å². The molecular weight excluding hydrogens is 468 g/mol. The van der Waals surface area contributed by atoms with Gasteiger partial charge in [0.2, 0.25) is 7.37 Å². The first-order chi connectivity index (χ1) is 16.5. The highest BCUT2D eigenvalue weighted by Gasteiger charge is 2.26. The van der Waals surface area contributed by atoms with Crippen LogP contribution in [0.25, 0.3) is 22.4 Å². The molecule has 35 heavy (non-hydrogen) atoms. The molecule has 0 saturated carbocycles. The largest absolute Gasteiger partial charge is 0.481 e. The van der Waals surface area contributed by atoms with Gasteiger partial charge in [0.25, 0.3) is 0 Å². The number of hydrogen-bond donors (Lipinski definition) is 2. The maximum atomic E-state index is 13.9. The van der Waals surface area contributed by atoms with Crippen molar-refractivity contribution in [3.8, 4) is 22.4 Å². The van der Waals surface area contributed by atoms with E-state index in [1.807, 2.05) is 50.2 Å². The summed E-state index contributed by atoms with van der Waals surface area (Å²) in [6, 6.07) is 16.1. The first kappa shape index (κ1) is 26.5. The molecule has 0 radical (unpaired) electrons. The molecule has 0 amide bonds. The fourth-order valence-corrected chi connectivity index (χ4v) is 5.52. The highest BCUT2D eigenvalue weighted by atomic mass is 31.2. The Labute approximate surface area is 204 Å². The second-order valence-corrected chi connectivity index (χ2v) is 11.4. The molecular formula is C27H29FNO5P. The van der Waals surface area contributed by atoms with Gasteiger partial charge in [-0.15, -0.1) is 0 Å². The van der Waals surface area contributed by atoms with Gasteiger partial charge in [-0.2, -0.15) is 0 Å². The number of carboxylic acid groups (broad SMARTS) is 1. The summed E-state index contributed by atoms with van der Waals surface area (Å²) in [7, 11) is -3.92. The number of halogens is 1. The molecule has 1 aromatic heterocycles. The van der Waals surface area contributed by atoms with Crippen molar-refractivity contribution in [1.29, 1.82) is 0 Å². The van der Waals surface area contributed by atoms with Gasteiger partial charge in [0.1, 0.15) is 12.2 Å². The molecule has 8 heteroatoms. The van der Waals surface area contributed by atoms with E-state index in [9.17, 15) is 23.4 Å². The molecule has 0 spiro atoms. The minimum absolute atomic E-state index is 0.0140. The van der Waals surface area contributed by atoms with Gasteiger partial charge in [0.15, 0.2) is 5.78 Å². The number of nitrogens with zero attached hydrogens (tertiary/aromatic N) is 1. The van der Waals surface area contributed by atoms with Crippen LogP contribution in [0.1, 0.15) is 43.0 Å². The molecule has 0 saturated heterocycles. The van der Waals surface area contributed by atoms with E-state index >= 15 is 0 Å². The van der Waals surface area contributed by atoms with E-state index in [1.54, 1.807) is 13.0 Å². The Morgan fingerprint density at radius 2 is 1.74 bits per heavy atom. The van der Waals surface area contributed by atoms with E-state index in [-0.39, 0.29) is 24.3 Å². The highest BCUT2D eigenvalue weighted by Crippen LogP contribution is 2.43. The number of Topliss-reactive ketones (excluding diaryl/α,β-unsaturated/α-hetero) is 1. The second kappa shape index (κ2) is 11.1. The number of carbonyl (C=O) groups is 2. The lowest BCUT2D eigenvalue weighted by Crippen LogP contribution is -2.14. The normalized spacial score (nSPS) is 13.0. The van der Waals surface area contributed by atoms with E-state index in [1.165, 1.54) is 12.1 Å². The Morgan fingerprint density at radius 3 is 2.34 bits per heavy atom. The number of carbonyl (C=O) groups excluding carboxylic acids is 1. The van der Waals surface area contributed by atoms with Crippen LogP contribution in [0.4, 0.5) is 4.39 Å². The number of aromatic nitrogens is 1. The summed E-state index contributed by atoms with van der Waals surface area (Å²) in [5.41, 5.74) is 5.45. The fourth-order valence-electron chi connectivity index (χ4n) is 4.12. The second-order valence-electron chi connectivity index (χ2n) is 8.99. The van der Waals surface area contributed by atoms with Gasteiger partial charge >= 0.3 is 5.97 Å². The third kappa shape index (κ3) is 6.93. The molecule has 6 nitrogen and oxygen atoms in total. The number of ketones is 1. The lowest BCUT2D eigenvalue weighted by atomic mass is 9.89. The molecule has 0 aliphatic carbocycles. The van der Waals surface area contributed by atoms with Gasteiger partial charge in [-0.05, 0) is 59.7 Å². The van der Waals surface area contributed by atoms with Gasteiger partial charge in [0.05, 0.1) is 11.9 Å². The summed E-state index contributed by atoms with van der Waals surface area (Å²) < 4.78 is 26.7. The van der Waals surface area contributed by atoms with Crippen molar-refractivity contribution < 1.29 is 28.5 Å². The smallest absolute Gasteiger partial charge is 0.310 e. The zero-order valence-corrected chi connectivity index (χ0v) is 20.9. The van der Waals surface area contributed by atoms with E-state index < -0.39 is 31.7 Å². The Hall–Kier alpha value is -3.15. The van der Waals surface area contributed by atoms with Crippen LogP contribution in [0.2, 0.25) is 0 Å². The number of pyridine rings is 1. The lowest BCUT2D eigenvalue weighted by molar-refractivity contribution is -0.139. The topological polar surface area (TPSA) is 105 Å². The molecule has 0 aliphatic rings. The minimum atomic E-state index is -3.92. The van der Waals surface area contributed by atoms with Gasteiger partial charge < -0.3 is 10.00 Å². The Bertz CT molecular complexity index is 1290. The predicted octanol–water partition coefficient (Wildman–Crippen LogP) is 5.84. The van der Waals surface area contributed by atoms with Crippen LogP contribution in [0, 0.1) is 12.7 Å². The summed E-state index contributed by atoms with van der Waals surface area (Å²) in [4.78, 5) is 38.0. The van der Waals surface area contributed by atoms with Crippen molar-refractivity contribution in [3.63, 3.8) is 0 Å². The van der Waals surface area contributed by atoms with Crippen molar-refractivity contribution >= 4 is 19.1 Å². The van der Waals surface area contributed by atoms with Crippen LogP contribution in [0.3, 0.4) is 0 Å². The number of aliphatic carboxylic acids is 1. The summed E-state index contributed by atoms with van der Waals surface area (Å²) in [5.74, 6) is -2.47. The number of aryl methyl sites for hydroxylation is 1. The van der Waals surface area contributed by atoms with Gasteiger partial charge in [-0.25, -0.2) is 4.39 Å². The number of hydrogen-bond acceptors (Lipinski definition) is 4. The Balaban J connectivity index is 2.10. The molecule has 2 N–H and O–H groups in total. The number of carboxylic acids is 1. The summed E-state index contributed by atoms with van der Waals surface area (Å²) >= 11 is 0. The first-order valence-corrected chi connectivity index (χ1v) is 13.4. The highest BCUT2D eigenvalue weighted by molar-refractivity contribution is 7.59. The number of rotatable bonds is 10. The molecule has 0 aliphatic heterocycles. The van der Waals surface area contributed by atoms with Crippen molar-refractivity contribution in [2.24, 2.45) is 0 Å². The van der Waals surface area contributed by atoms with Crippen molar-refractivity contribution in [2.45, 2.75) is 39.5 Å². The molecule has 1 atom stereocenters. The van der Waals surface area contributed by atoms with Crippen LogP contribution in [0.15, 0.2) is 54.6 Å². The minimum Gasteiger partial charge on any atom is -0.481 e. The quantitative estimate of drug-likeness (QED) is 0.269. The van der Waals surface area contributed by atoms with Crippen molar-refractivity contribution in [2.75, 3.05) is 12.3 Å². The van der Waals surface area contributed by atoms with Gasteiger partial charge in [-0.3, -0.25) is 19.1 Å².